The maximum atomic E-state index is 5.73. The Morgan fingerprint density at radius 1 is 1.41 bits per heavy atom. The molecule has 2 N–H and O–H groups in total. The number of aromatic nitrogens is 2. The molecule has 1 heterocycles. The van der Waals surface area contributed by atoms with E-state index in [2.05, 4.69) is 10.1 Å². The van der Waals surface area contributed by atoms with E-state index in [9.17, 15) is 0 Å². The molecule has 2 unspecified atom stereocenters. The van der Waals surface area contributed by atoms with Gasteiger partial charge in [0.1, 0.15) is 6.61 Å². The number of nitrogens with zero attached hydrogens (tertiary/aromatic N) is 2. The Kier molecular flexibility index (Phi) is 4.50. The van der Waals surface area contributed by atoms with Crippen LogP contribution in [0.1, 0.15) is 37.9 Å². The van der Waals surface area contributed by atoms with Gasteiger partial charge in [-0.1, -0.05) is 18.5 Å². The summed E-state index contributed by atoms with van der Waals surface area (Å²) < 4.78 is 10.7. The third kappa shape index (κ3) is 3.26. The molecule has 1 aliphatic rings. The molecule has 5 heteroatoms. The van der Waals surface area contributed by atoms with Crippen LogP contribution in [-0.2, 0) is 17.8 Å². The zero-order chi connectivity index (χ0) is 12.1. The van der Waals surface area contributed by atoms with Crippen molar-refractivity contribution in [2.45, 2.75) is 39.2 Å². The van der Waals surface area contributed by atoms with Crippen LogP contribution in [0.2, 0.25) is 0 Å². The minimum Gasteiger partial charge on any atom is -0.371 e. The molecule has 0 amide bonds. The molecule has 1 aromatic rings. The van der Waals surface area contributed by atoms with Gasteiger partial charge in [-0.2, -0.15) is 4.98 Å². The van der Waals surface area contributed by atoms with Gasteiger partial charge in [-0.25, -0.2) is 0 Å². The molecular formula is C12H21N3O2. The highest BCUT2D eigenvalue weighted by Gasteiger charge is 2.26. The van der Waals surface area contributed by atoms with Crippen molar-refractivity contribution in [1.82, 2.24) is 10.1 Å². The van der Waals surface area contributed by atoms with Crippen LogP contribution >= 0.6 is 0 Å². The Morgan fingerprint density at radius 3 is 2.94 bits per heavy atom. The van der Waals surface area contributed by atoms with Crippen LogP contribution in [0.4, 0.5) is 0 Å². The van der Waals surface area contributed by atoms with Crippen molar-refractivity contribution in [2.75, 3.05) is 13.2 Å². The van der Waals surface area contributed by atoms with E-state index in [1.807, 2.05) is 6.92 Å². The predicted molar refractivity (Wildman–Crippen MR) is 63.2 cm³/mol. The Balaban J connectivity index is 1.72. The number of ether oxygens (including phenoxy) is 1. The second-order valence-corrected chi connectivity index (χ2v) is 4.66. The molecule has 1 saturated carbocycles. The average Bonchev–Trinajstić information content (AvgIpc) is 2.97. The van der Waals surface area contributed by atoms with Crippen LogP contribution < -0.4 is 5.73 Å². The summed E-state index contributed by atoms with van der Waals surface area (Å²) >= 11 is 0. The first-order chi connectivity index (χ1) is 8.33. The summed E-state index contributed by atoms with van der Waals surface area (Å²) in [6.45, 7) is 3.95. The standard InChI is InChI=1S/C12H21N3O2/c1-2-11-14-12(17-15-11)8-16-7-10-5-3-4-9(10)6-13/h9-10H,2-8,13H2,1H3. The van der Waals surface area contributed by atoms with Gasteiger partial charge in [0, 0.05) is 6.42 Å². The number of hydrogen-bond acceptors (Lipinski definition) is 5. The summed E-state index contributed by atoms with van der Waals surface area (Å²) in [7, 11) is 0. The molecule has 0 radical (unpaired) electrons. The van der Waals surface area contributed by atoms with Crippen molar-refractivity contribution in [3.8, 4) is 0 Å². The number of hydrogen-bond donors (Lipinski definition) is 1. The largest absolute Gasteiger partial charge is 0.371 e. The third-order valence-electron chi connectivity index (χ3n) is 3.50. The highest BCUT2D eigenvalue weighted by Crippen LogP contribution is 2.31. The normalized spacial score (nSPS) is 24.4. The van der Waals surface area contributed by atoms with Crippen LogP contribution in [0, 0.1) is 11.8 Å². The van der Waals surface area contributed by atoms with Crippen molar-refractivity contribution >= 4 is 0 Å². The lowest BCUT2D eigenvalue weighted by atomic mass is 9.97. The number of rotatable bonds is 6. The molecule has 0 spiro atoms. The van der Waals surface area contributed by atoms with E-state index < -0.39 is 0 Å². The molecule has 0 saturated heterocycles. The number of aryl methyl sites for hydroxylation is 1. The molecule has 0 aromatic carbocycles. The minimum atomic E-state index is 0.417. The van der Waals surface area contributed by atoms with Crippen LogP contribution in [-0.4, -0.2) is 23.3 Å². The summed E-state index contributed by atoms with van der Waals surface area (Å²) in [6.07, 6.45) is 4.54. The van der Waals surface area contributed by atoms with Crippen molar-refractivity contribution in [1.29, 1.82) is 0 Å². The maximum absolute atomic E-state index is 5.73. The van der Waals surface area contributed by atoms with E-state index in [1.165, 1.54) is 19.3 Å². The van der Waals surface area contributed by atoms with Crippen LogP contribution in [0.15, 0.2) is 4.52 Å². The molecule has 5 nitrogen and oxygen atoms in total. The van der Waals surface area contributed by atoms with Crippen LogP contribution in [0.5, 0.6) is 0 Å². The Hall–Kier alpha value is -0.940. The molecule has 2 rings (SSSR count). The average molecular weight is 239 g/mol. The smallest absolute Gasteiger partial charge is 0.252 e. The summed E-state index contributed by atoms with van der Waals surface area (Å²) in [6, 6.07) is 0. The first kappa shape index (κ1) is 12.5. The maximum Gasteiger partial charge on any atom is 0.252 e. The SMILES string of the molecule is CCc1noc(COCC2CCCC2CN)n1. The van der Waals surface area contributed by atoms with Gasteiger partial charge in [0.25, 0.3) is 5.89 Å². The van der Waals surface area contributed by atoms with Gasteiger partial charge in [0.15, 0.2) is 5.82 Å². The third-order valence-corrected chi connectivity index (χ3v) is 3.50. The van der Waals surface area contributed by atoms with Crippen molar-refractivity contribution < 1.29 is 9.26 Å². The van der Waals surface area contributed by atoms with Gasteiger partial charge in [-0.3, -0.25) is 0 Å². The lowest BCUT2D eigenvalue weighted by molar-refractivity contribution is 0.0592. The zero-order valence-corrected chi connectivity index (χ0v) is 10.4. The van der Waals surface area contributed by atoms with Gasteiger partial charge >= 0.3 is 0 Å². The summed E-state index contributed by atoms with van der Waals surface area (Å²) in [5.74, 6) is 2.55. The fourth-order valence-corrected chi connectivity index (χ4v) is 2.43. The molecule has 17 heavy (non-hydrogen) atoms. The fraction of sp³-hybridized carbons (Fsp3) is 0.833. The van der Waals surface area contributed by atoms with E-state index in [-0.39, 0.29) is 0 Å². The van der Waals surface area contributed by atoms with E-state index >= 15 is 0 Å². The molecule has 1 aromatic heterocycles. The second-order valence-electron chi connectivity index (χ2n) is 4.66. The molecule has 0 aliphatic heterocycles. The summed E-state index contributed by atoms with van der Waals surface area (Å²) in [5, 5.41) is 3.83. The van der Waals surface area contributed by atoms with Gasteiger partial charge in [0.05, 0.1) is 6.61 Å². The molecule has 1 fully saturated rings. The number of nitrogens with two attached hydrogens (primary N) is 1. The van der Waals surface area contributed by atoms with Crippen LogP contribution in [0.3, 0.4) is 0 Å². The second kappa shape index (κ2) is 6.12. The van der Waals surface area contributed by atoms with E-state index in [0.717, 1.165) is 25.4 Å². The highest BCUT2D eigenvalue weighted by molar-refractivity contribution is 4.84. The quantitative estimate of drug-likeness (QED) is 0.814. The van der Waals surface area contributed by atoms with E-state index in [4.69, 9.17) is 15.0 Å². The fourth-order valence-electron chi connectivity index (χ4n) is 2.43. The van der Waals surface area contributed by atoms with Crippen molar-refractivity contribution in [2.24, 2.45) is 17.6 Å². The van der Waals surface area contributed by atoms with E-state index in [1.54, 1.807) is 0 Å². The molecule has 2 atom stereocenters. The van der Waals surface area contributed by atoms with Gasteiger partial charge in [-0.05, 0) is 31.2 Å². The minimum absolute atomic E-state index is 0.417. The lowest BCUT2D eigenvalue weighted by Gasteiger charge is -2.16. The predicted octanol–water partition coefficient (Wildman–Crippen LogP) is 1.52. The zero-order valence-electron chi connectivity index (χ0n) is 10.4. The molecule has 1 aliphatic carbocycles. The molecule has 0 bridgehead atoms. The van der Waals surface area contributed by atoms with Crippen molar-refractivity contribution in [3.05, 3.63) is 11.7 Å². The van der Waals surface area contributed by atoms with Gasteiger partial charge in [0.2, 0.25) is 0 Å². The molecular weight excluding hydrogens is 218 g/mol. The summed E-state index contributed by atoms with van der Waals surface area (Å²) in [4.78, 5) is 4.20. The first-order valence-corrected chi connectivity index (χ1v) is 6.42. The Morgan fingerprint density at radius 2 is 2.24 bits per heavy atom. The van der Waals surface area contributed by atoms with Gasteiger partial charge in [-0.15, -0.1) is 0 Å². The first-order valence-electron chi connectivity index (χ1n) is 6.42. The highest BCUT2D eigenvalue weighted by atomic mass is 16.5. The van der Waals surface area contributed by atoms with Gasteiger partial charge < -0.3 is 15.0 Å². The Labute approximate surface area is 102 Å². The van der Waals surface area contributed by atoms with Crippen LogP contribution in [0.25, 0.3) is 0 Å². The monoisotopic (exact) mass is 239 g/mol. The van der Waals surface area contributed by atoms with E-state index in [0.29, 0.717) is 24.3 Å². The summed E-state index contributed by atoms with van der Waals surface area (Å²) in [5.41, 5.74) is 5.73. The topological polar surface area (TPSA) is 74.2 Å². The molecule has 96 valence electrons. The Bertz CT molecular complexity index is 340. The van der Waals surface area contributed by atoms with Crippen molar-refractivity contribution in [3.63, 3.8) is 0 Å². The lowest BCUT2D eigenvalue weighted by Crippen LogP contribution is -2.22.